The number of aromatic nitrogens is 3. The monoisotopic (exact) mass is 422 g/mol. The lowest BCUT2D eigenvalue weighted by molar-refractivity contribution is -0.122. The van der Waals surface area contributed by atoms with Crippen LogP contribution in [0, 0.1) is 4.77 Å². The number of halogens is 1. The van der Waals surface area contributed by atoms with Crippen molar-refractivity contribution < 1.29 is 4.79 Å². The third-order valence-electron chi connectivity index (χ3n) is 4.15. The molecule has 9 heteroatoms. The van der Waals surface area contributed by atoms with Gasteiger partial charge in [-0.2, -0.15) is 5.10 Å². The number of carbonyl (C=O) groups excluding carboxylic acids is 1. The van der Waals surface area contributed by atoms with E-state index >= 15 is 0 Å². The summed E-state index contributed by atoms with van der Waals surface area (Å²) in [6.45, 7) is 0.127. The molecule has 1 aliphatic rings. The topological polar surface area (TPSA) is 62.7 Å². The number of aromatic amines is 1. The van der Waals surface area contributed by atoms with E-state index in [1.807, 2.05) is 35.7 Å². The van der Waals surface area contributed by atoms with Crippen LogP contribution in [0.15, 0.2) is 40.6 Å². The minimum atomic E-state index is -0.0943. The Morgan fingerprint density at radius 2 is 2.35 bits per heavy atom. The van der Waals surface area contributed by atoms with Crippen molar-refractivity contribution in [3.63, 3.8) is 0 Å². The largest absolute Gasteiger partial charge is 0.348 e. The molecule has 4 rings (SSSR count). The normalized spacial score (nSPS) is 16.3. The molecule has 1 unspecified atom stereocenters. The summed E-state index contributed by atoms with van der Waals surface area (Å²) in [6, 6.07) is 9.71. The van der Waals surface area contributed by atoms with Gasteiger partial charge < -0.3 is 5.32 Å². The van der Waals surface area contributed by atoms with Gasteiger partial charge in [-0.15, -0.1) is 23.1 Å². The predicted molar refractivity (Wildman–Crippen MR) is 108 cm³/mol. The van der Waals surface area contributed by atoms with Crippen LogP contribution in [-0.4, -0.2) is 26.4 Å². The van der Waals surface area contributed by atoms with Crippen molar-refractivity contribution in [3.8, 4) is 10.7 Å². The van der Waals surface area contributed by atoms with Crippen molar-refractivity contribution in [2.75, 3.05) is 5.75 Å². The summed E-state index contributed by atoms with van der Waals surface area (Å²) in [5.41, 5.74) is 1.08. The maximum atomic E-state index is 12.7. The Kier molecular flexibility index (Phi) is 5.17. The van der Waals surface area contributed by atoms with Crippen molar-refractivity contribution in [2.45, 2.75) is 23.9 Å². The predicted octanol–water partition coefficient (Wildman–Crippen LogP) is 4.68. The van der Waals surface area contributed by atoms with E-state index in [-0.39, 0.29) is 18.5 Å². The van der Waals surface area contributed by atoms with Crippen LogP contribution in [0.5, 0.6) is 0 Å². The number of thioether (sulfide) groups is 1. The zero-order valence-corrected chi connectivity index (χ0v) is 16.8. The fraction of sp³-hybridized carbons (Fsp3) is 0.235. The van der Waals surface area contributed by atoms with E-state index < -0.39 is 0 Å². The number of H-pyrrole nitrogens is 1. The molecule has 0 radical (unpaired) electrons. The second-order valence-electron chi connectivity index (χ2n) is 5.86. The first-order valence-electron chi connectivity index (χ1n) is 8.02. The number of nitrogens with one attached hydrogen (secondary N) is 2. The van der Waals surface area contributed by atoms with Crippen LogP contribution in [0.3, 0.4) is 0 Å². The van der Waals surface area contributed by atoms with Crippen molar-refractivity contribution >= 4 is 52.8 Å². The second-order valence-corrected chi connectivity index (χ2v) is 8.76. The molecule has 5 nitrogen and oxygen atoms in total. The zero-order valence-electron chi connectivity index (χ0n) is 13.6. The molecule has 0 saturated carbocycles. The van der Waals surface area contributed by atoms with Gasteiger partial charge in [0.25, 0.3) is 0 Å². The highest BCUT2D eigenvalue weighted by atomic mass is 35.5. The molecule has 2 N–H and O–H groups in total. The fourth-order valence-electron chi connectivity index (χ4n) is 2.96. The first-order chi connectivity index (χ1) is 12.6. The van der Waals surface area contributed by atoms with Crippen molar-refractivity contribution in [1.29, 1.82) is 0 Å². The van der Waals surface area contributed by atoms with Gasteiger partial charge in [0.2, 0.25) is 5.91 Å². The summed E-state index contributed by atoms with van der Waals surface area (Å²) in [5.74, 6) is 1.55. The molecule has 2 aromatic heterocycles. The van der Waals surface area contributed by atoms with Crippen molar-refractivity contribution in [1.82, 2.24) is 20.1 Å². The molecular weight excluding hydrogens is 408 g/mol. The summed E-state index contributed by atoms with van der Waals surface area (Å²) in [6.07, 6.45) is 0.873. The summed E-state index contributed by atoms with van der Waals surface area (Å²) in [7, 11) is 0. The Morgan fingerprint density at radius 3 is 3.15 bits per heavy atom. The minimum absolute atomic E-state index is 0.0382. The molecular formula is C17H15ClN4OS3. The molecule has 0 fully saturated rings. The van der Waals surface area contributed by atoms with Crippen LogP contribution in [0.25, 0.3) is 10.7 Å². The molecule has 1 aliphatic heterocycles. The number of amides is 1. The standard InChI is InChI=1S/C17H15ClN4OS3/c18-10-3-4-13-11(8-10)12(5-7-26-13)19-15(23)9-22-16(20-21-17(22)24)14-2-1-6-25-14/h1-4,6,8,12H,5,7,9H2,(H,19,23)(H,21,24). The average Bonchev–Trinajstić information content (AvgIpc) is 3.26. The molecule has 3 heterocycles. The van der Waals surface area contributed by atoms with E-state index in [1.54, 1.807) is 27.7 Å². The summed E-state index contributed by atoms with van der Waals surface area (Å²) in [4.78, 5) is 14.8. The fourth-order valence-corrected chi connectivity index (χ4v) is 5.16. The van der Waals surface area contributed by atoms with Gasteiger partial charge in [-0.25, -0.2) is 0 Å². The number of hydrogen-bond acceptors (Lipinski definition) is 5. The molecule has 0 bridgehead atoms. The quantitative estimate of drug-likeness (QED) is 0.599. The molecule has 3 aromatic rings. The maximum absolute atomic E-state index is 12.7. The average molecular weight is 423 g/mol. The van der Waals surface area contributed by atoms with Crippen LogP contribution in [0.4, 0.5) is 0 Å². The van der Waals surface area contributed by atoms with E-state index in [4.69, 9.17) is 23.8 Å². The van der Waals surface area contributed by atoms with Gasteiger partial charge in [-0.1, -0.05) is 17.7 Å². The molecule has 1 aromatic carbocycles. The molecule has 0 aliphatic carbocycles. The number of rotatable bonds is 4. The Hall–Kier alpha value is -1.61. The van der Waals surface area contributed by atoms with Crippen LogP contribution in [0.1, 0.15) is 18.0 Å². The third-order valence-corrected chi connectivity index (χ3v) is 6.68. The molecule has 1 atom stereocenters. The lowest BCUT2D eigenvalue weighted by atomic mass is 10.0. The third kappa shape index (κ3) is 3.59. The summed E-state index contributed by atoms with van der Waals surface area (Å²) >= 11 is 14.8. The smallest absolute Gasteiger partial charge is 0.240 e. The van der Waals surface area contributed by atoms with Gasteiger partial charge in [-0.3, -0.25) is 14.5 Å². The highest BCUT2D eigenvalue weighted by Gasteiger charge is 2.23. The number of hydrogen-bond donors (Lipinski definition) is 2. The Balaban J connectivity index is 1.54. The maximum Gasteiger partial charge on any atom is 0.240 e. The van der Waals surface area contributed by atoms with Crippen molar-refractivity contribution in [2.24, 2.45) is 0 Å². The van der Waals surface area contributed by atoms with Gasteiger partial charge in [0.1, 0.15) is 6.54 Å². The molecule has 1 amide bonds. The molecule has 0 saturated heterocycles. The molecule has 26 heavy (non-hydrogen) atoms. The van der Waals surface area contributed by atoms with E-state index in [1.165, 1.54) is 4.90 Å². The Labute approximate surface area is 168 Å². The van der Waals surface area contributed by atoms with Crippen LogP contribution in [0.2, 0.25) is 5.02 Å². The van der Waals surface area contributed by atoms with E-state index in [0.29, 0.717) is 15.6 Å². The number of thiophene rings is 1. The van der Waals surface area contributed by atoms with Crippen molar-refractivity contribution in [3.05, 3.63) is 51.1 Å². The SMILES string of the molecule is O=C(Cn1c(-c2cccs2)n[nH]c1=S)NC1CCSc2ccc(Cl)cc21. The Bertz CT molecular complexity index is 996. The highest BCUT2D eigenvalue weighted by molar-refractivity contribution is 7.99. The highest BCUT2D eigenvalue weighted by Crippen LogP contribution is 2.37. The number of nitrogens with zero attached hydrogens (tertiary/aromatic N) is 2. The number of fused-ring (bicyclic) bond motifs is 1. The number of carbonyl (C=O) groups is 1. The van der Waals surface area contributed by atoms with E-state index in [0.717, 1.165) is 22.6 Å². The summed E-state index contributed by atoms with van der Waals surface area (Å²) in [5, 5.41) is 12.8. The minimum Gasteiger partial charge on any atom is -0.348 e. The number of benzene rings is 1. The Morgan fingerprint density at radius 1 is 1.46 bits per heavy atom. The van der Waals surface area contributed by atoms with Gasteiger partial charge >= 0.3 is 0 Å². The van der Waals surface area contributed by atoms with Crippen LogP contribution >= 0.6 is 46.9 Å². The second kappa shape index (κ2) is 7.56. The van der Waals surface area contributed by atoms with Gasteiger partial charge in [0.05, 0.1) is 10.9 Å². The molecule has 134 valence electrons. The van der Waals surface area contributed by atoms with E-state index in [9.17, 15) is 4.79 Å². The lowest BCUT2D eigenvalue weighted by Crippen LogP contribution is -2.33. The van der Waals surface area contributed by atoms with Gasteiger partial charge in [0, 0.05) is 15.7 Å². The van der Waals surface area contributed by atoms with Gasteiger partial charge in [0.15, 0.2) is 10.6 Å². The molecule has 0 spiro atoms. The van der Waals surface area contributed by atoms with Crippen LogP contribution < -0.4 is 5.32 Å². The van der Waals surface area contributed by atoms with Crippen LogP contribution in [-0.2, 0) is 11.3 Å². The van der Waals surface area contributed by atoms with Gasteiger partial charge in [-0.05, 0) is 53.8 Å². The first kappa shape index (κ1) is 17.8. The lowest BCUT2D eigenvalue weighted by Gasteiger charge is -2.26. The zero-order chi connectivity index (χ0) is 18.1. The van der Waals surface area contributed by atoms with E-state index in [2.05, 4.69) is 15.5 Å². The first-order valence-corrected chi connectivity index (χ1v) is 10.7. The summed E-state index contributed by atoms with van der Waals surface area (Å²) < 4.78 is 2.17.